The number of imidazole rings is 1. The highest BCUT2D eigenvalue weighted by molar-refractivity contribution is 7.20. The highest BCUT2D eigenvalue weighted by atomic mass is 32.1. The molecule has 0 aliphatic carbocycles. The quantitative estimate of drug-likeness (QED) is 0.446. The minimum Gasteiger partial charge on any atom is -0.337 e. The van der Waals surface area contributed by atoms with Gasteiger partial charge in [-0.1, -0.05) is 41.7 Å². The summed E-state index contributed by atoms with van der Waals surface area (Å²) in [6, 6.07) is 16.5. The van der Waals surface area contributed by atoms with E-state index in [0.29, 0.717) is 6.54 Å². The third kappa shape index (κ3) is 2.86. The zero-order valence-electron chi connectivity index (χ0n) is 15.8. The van der Waals surface area contributed by atoms with E-state index in [1.54, 1.807) is 16.6 Å². The predicted molar refractivity (Wildman–Crippen MR) is 113 cm³/mol. The van der Waals surface area contributed by atoms with Crippen LogP contribution in [0.3, 0.4) is 0 Å². The number of nitrogens with zero attached hydrogens (tertiary/aromatic N) is 7. The Morgan fingerprint density at radius 3 is 2.53 bits per heavy atom. The number of fused-ring (bicyclic) bond motifs is 2. The van der Waals surface area contributed by atoms with Crippen LogP contribution in [0.4, 0.5) is 9.52 Å². The minimum atomic E-state index is -0.256. The highest BCUT2D eigenvalue weighted by Gasteiger charge is 2.24. The monoisotopic (exact) mass is 417 g/mol. The lowest BCUT2D eigenvalue weighted by atomic mass is 10.2. The molecule has 1 aliphatic rings. The maximum atomic E-state index is 13.2. The zero-order chi connectivity index (χ0) is 20.1. The minimum absolute atomic E-state index is 0.256. The number of hydrogen-bond acceptors (Lipinski definition) is 6. The number of aromatic nitrogens is 6. The second kappa shape index (κ2) is 6.74. The molecule has 0 unspecified atom stereocenters. The summed E-state index contributed by atoms with van der Waals surface area (Å²) in [6.07, 6.45) is 1.88. The van der Waals surface area contributed by atoms with Crippen molar-refractivity contribution in [3.63, 3.8) is 0 Å². The summed E-state index contributed by atoms with van der Waals surface area (Å²) < 4.78 is 17.1. The lowest BCUT2D eigenvalue weighted by Gasteiger charge is -2.26. The van der Waals surface area contributed by atoms with Gasteiger partial charge < -0.3 is 9.47 Å². The van der Waals surface area contributed by atoms with Crippen molar-refractivity contribution in [3.8, 4) is 22.6 Å². The van der Waals surface area contributed by atoms with Gasteiger partial charge in [0.05, 0.1) is 18.4 Å². The van der Waals surface area contributed by atoms with Gasteiger partial charge in [0.1, 0.15) is 5.82 Å². The number of benzene rings is 2. The lowest BCUT2D eigenvalue weighted by molar-refractivity contribution is 0.561. The maximum Gasteiger partial charge on any atom is 0.214 e. The molecule has 0 spiro atoms. The van der Waals surface area contributed by atoms with Gasteiger partial charge in [0.2, 0.25) is 10.1 Å². The van der Waals surface area contributed by atoms with Crippen LogP contribution in [0.15, 0.2) is 60.8 Å². The molecule has 4 heterocycles. The van der Waals surface area contributed by atoms with Crippen molar-refractivity contribution < 1.29 is 4.39 Å². The average molecular weight is 417 g/mol. The molecule has 0 radical (unpaired) electrons. The van der Waals surface area contributed by atoms with E-state index in [4.69, 9.17) is 5.10 Å². The van der Waals surface area contributed by atoms with Crippen molar-refractivity contribution in [1.82, 2.24) is 29.4 Å². The first-order valence-electron chi connectivity index (χ1n) is 9.59. The Labute approximate surface area is 175 Å². The number of rotatable bonds is 3. The molecule has 30 heavy (non-hydrogen) atoms. The third-order valence-electron chi connectivity index (χ3n) is 5.23. The Morgan fingerprint density at radius 2 is 1.73 bits per heavy atom. The molecular formula is C21H16FN7S. The van der Waals surface area contributed by atoms with Crippen molar-refractivity contribution in [3.05, 3.63) is 72.4 Å². The van der Waals surface area contributed by atoms with E-state index >= 15 is 0 Å². The second-order valence-corrected chi connectivity index (χ2v) is 8.06. The number of halogens is 1. The summed E-state index contributed by atoms with van der Waals surface area (Å²) in [5, 5.41) is 14.4. The normalized spacial score (nSPS) is 13.7. The van der Waals surface area contributed by atoms with E-state index in [1.807, 2.05) is 24.4 Å². The Hall–Kier alpha value is -3.59. The molecule has 0 saturated carbocycles. The van der Waals surface area contributed by atoms with Gasteiger partial charge in [0.15, 0.2) is 11.6 Å². The predicted octanol–water partition coefficient (Wildman–Crippen LogP) is 3.88. The van der Waals surface area contributed by atoms with Crippen LogP contribution in [0.5, 0.6) is 0 Å². The molecule has 7 nitrogen and oxygen atoms in total. The Bertz CT molecular complexity index is 1310. The van der Waals surface area contributed by atoms with Crippen LogP contribution in [-0.2, 0) is 13.1 Å². The molecular weight excluding hydrogens is 401 g/mol. The van der Waals surface area contributed by atoms with Crippen molar-refractivity contribution >= 4 is 21.4 Å². The first kappa shape index (κ1) is 17.3. The molecule has 148 valence electrons. The van der Waals surface area contributed by atoms with Crippen molar-refractivity contribution in [2.45, 2.75) is 13.1 Å². The Kier molecular flexibility index (Phi) is 3.88. The van der Waals surface area contributed by atoms with Crippen molar-refractivity contribution in [2.75, 3.05) is 11.4 Å². The van der Waals surface area contributed by atoms with Gasteiger partial charge in [-0.15, -0.1) is 15.3 Å². The molecule has 5 aromatic rings. The van der Waals surface area contributed by atoms with Crippen LogP contribution >= 0.6 is 11.3 Å². The van der Waals surface area contributed by atoms with Gasteiger partial charge in [-0.05, 0) is 24.3 Å². The van der Waals surface area contributed by atoms with Crippen LogP contribution in [-0.4, -0.2) is 35.9 Å². The second-order valence-electron chi connectivity index (χ2n) is 7.12. The number of anilines is 1. The lowest BCUT2D eigenvalue weighted by Crippen LogP contribution is -2.34. The van der Waals surface area contributed by atoms with E-state index in [1.165, 1.54) is 23.5 Å². The third-order valence-corrected chi connectivity index (χ3v) is 6.21. The molecule has 0 bridgehead atoms. The smallest absolute Gasteiger partial charge is 0.214 e. The van der Waals surface area contributed by atoms with E-state index in [2.05, 4.69) is 36.8 Å². The molecule has 3 aromatic heterocycles. The topological polar surface area (TPSA) is 64.1 Å². The van der Waals surface area contributed by atoms with Gasteiger partial charge in [0.25, 0.3) is 0 Å². The molecule has 0 saturated heterocycles. The first-order chi connectivity index (χ1) is 14.7. The summed E-state index contributed by atoms with van der Waals surface area (Å²) in [6.45, 7) is 2.28. The summed E-state index contributed by atoms with van der Waals surface area (Å²) in [4.78, 5) is 7.66. The zero-order valence-corrected chi connectivity index (χ0v) is 16.6. The summed E-state index contributed by atoms with van der Waals surface area (Å²) >= 11 is 1.54. The van der Waals surface area contributed by atoms with Gasteiger partial charge in [-0.3, -0.25) is 0 Å². The van der Waals surface area contributed by atoms with Crippen LogP contribution in [0.25, 0.3) is 27.6 Å². The molecule has 0 N–H and O–H groups in total. The standard InChI is InChI=1S/C21H16FN7S/c22-16-8-6-14(7-9-16)17-12-29-20(23-17)30-21(26-29)27-10-11-28-18(13-27)24-25-19(28)15-4-2-1-3-5-15/h1-9,12H,10-11,13H2. The van der Waals surface area contributed by atoms with Gasteiger partial charge >= 0.3 is 0 Å². The fourth-order valence-electron chi connectivity index (χ4n) is 3.70. The van der Waals surface area contributed by atoms with E-state index in [0.717, 1.165) is 51.7 Å². The molecule has 1 aliphatic heterocycles. The van der Waals surface area contributed by atoms with Crippen LogP contribution in [0, 0.1) is 5.82 Å². The molecule has 9 heteroatoms. The van der Waals surface area contributed by atoms with Gasteiger partial charge in [-0.25, -0.2) is 13.9 Å². The largest absolute Gasteiger partial charge is 0.337 e. The van der Waals surface area contributed by atoms with Crippen molar-refractivity contribution in [1.29, 1.82) is 0 Å². The highest BCUT2D eigenvalue weighted by Crippen LogP contribution is 2.30. The van der Waals surface area contributed by atoms with Crippen molar-refractivity contribution in [2.24, 2.45) is 0 Å². The van der Waals surface area contributed by atoms with Crippen LogP contribution < -0.4 is 4.90 Å². The molecule has 0 fully saturated rings. The van der Waals surface area contributed by atoms with E-state index < -0.39 is 0 Å². The van der Waals surface area contributed by atoms with Gasteiger partial charge in [0, 0.05) is 24.2 Å². The molecule has 0 amide bonds. The van der Waals surface area contributed by atoms with Gasteiger partial charge in [-0.2, -0.15) is 0 Å². The van der Waals surface area contributed by atoms with E-state index in [9.17, 15) is 4.39 Å². The van der Waals surface area contributed by atoms with Crippen LogP contribution in [0.2, 0.25) is 0 Å². The summed E-state index contributed by atoms with van der Waals surface area (Å²) in [5.41, 5.74) is 2.73. The first-order valence-corrected chi connectivity index (χ1v) is 10.4. The fourth-order valence-corrected chi connectivity index (χ4v) is 4.61. The number of hydrogen-bond donors (Lipinski definition) is 0. The average Bonchev–Trinajstić information content (AvgIpc) is 3.47. The summed E-state index contributed by atoms with van der Waals surface area (Å²) in [7, 11) is 0. The maximum absolute atomic E-state index is 13.2. The Balaban J connectivity index is 1.26. The molecule has 2 aromatic carbocycles. The SMILES string of the molecule is Fc1ccc(-c2cn3nc(N4CCn5c(nnc5-c5ccccc5)C4)sc3n2)cc1. The van der Waals surface area contributed by atoms with Crippen LogP contribution in [0.1, 0.15) is 5.82 Å². The summed E-state index contributed by atoms with van der Waals surface area (Å²) in [5.74, 6) is 1.58. The Morgan fingerprint density at radius 1 is 0.900 bits per heavy atom. The van der Waals surface area contributed by atoms with E-state index in [-0.39, 0.29) is 5.82 Å². The molecule has 0 atom stereocenters. The fraction of sp³-hybridized carbons (Fsp3) is 0.143. The molecule has 6 rings (SSSR count).